The molecule has 1 aromatic carbocycles. The molecule has 0 radical (unpaired) electrons. The van der Waals surface area contributed by atoms with E-state index in [1.807, 2.05) is 25.4 Å². The van der Waals surface area contributed by atoms with E-state index in [4.69, 9.17) is 14.2 Å². The fourth-order valence-corrected chi connectivity index (χ4v) is 3.80. The molecule has 0 saturated carbocycles. The van der Waals surface area contributed by atoms with Crippen molar-refractivity contribution in [2.24, 2.45) is 5.92 Å². The third-order valence-corrected chi connectivity index (χ3v) is 4.97. The average Bonchev–Trinajstić information content (AvgIpc) is 3.06. The van der Waals surface area contributed by atoms with E-state index < -0.39 is 0 Å². The van der Waals surface area contributed by atoms with Crippen LogP contribution in [-0.2, 0) is 11.3 Å². The molecule has 1 aliphatic rings. The topological polar surface area (TPSA) is 43.8 Å². The number of hydrogen-bond acceptors (Lipinski definition) is 5. The van der Waals surface area contributed by atoms with Crippen LogP contribution >= 0.6 is 0 Å². The minimum Gasteiger partial charge on any atom is -0.493 e. The van der Waals surface area contributed by atoms with Crippen molar-refractivity contribution in [1.82, 2.24) is 9.88 Å². The molecule has 1 aromatic heterocycles. The van der Waals surface area contributed by atoms with Crippen LogP contribution in [0.15, 0.2) is 42.7 Å². The van der Waals surface area contributed by atoms with Crippen LogP contribution in [-0.4, -0.2) is 50.4 Å². The predicted octanol–water partition coefficient (Wildman–Crippen LogP) is 3.35. The van der Waals surface area contributed by atoms with E-state index in [1.54, 1.807) is 14.2 Å². The lowest BCUT2D eigenvalue weighted by molar-refractivity contribution is 0.147. The molecule has 5 heteroatoms. The minimum absolute atomic E-state index is 0.475. The SMILES string of the molecule is CCOc1ccc(CN2C[C@@H](COC)[C@H](c3ccncc3)C2)cc1OC. The maximum atomic E-state index is 5.62. The zero-order chi connectivity index (χ0) is 18.4. The van der Waals surface area contributed by atoms with Gasteiger partial charge in [-0.2, -0.15) is 0 Å². The van der Waals surface area contributed by atoms with Gasteiger partial charge in [0.15, 0.2) is 11.5 Å². The van der Waals surface area contributed by atoms with E-state index in [2.05, 4.69) is 34.1 Å². The van der Waals surface area contributed by atoms with Crippen molar-refractivity contribution in [2.75, 3.05) is 40.5 Å². The van der Waals surface area contributed by atoms with Crippen LogP contribution in [0.1, 0.15) is 24.0 Å². The zero-order valence-electron chi connectivity index (χ0n) is 15.9. The van der Waals surface area contributed by atoms with Gasteiger partial charge < -0.3 is 14.2 Å². The summed E-state index contributed by atoms with van der Waals surface area (Å²) in [5.74, 6) is 2.56. The van der Waals surface area contributed by atoms with Crippen LogP contribution in [0.2, 0.25) is 0 Å². The highest BCUT2D eigenvalue weighted by atomic mass is 16.5. The van der Waals surface area contributed by atoms with E-state index in [9.17, 15) is 0 Å². The second-order valence-corrected chi connectivity index (χ2v) is 6.71. The third-order valence-electron chi connectivity index (χ3n) is 4.97. The van der Waals surface area contributed by atoms with E-state index in [0.29, 0.717) is 18.4 Å². The molecular weight excluding hydrogens is 328 g/mol. The lowest BCUT2D eigenvalue weighted by atomic mass is 9.90. The maximum Gasteiger partial charge on any atom is 0.161 e. The lowest BCUT2D eigenvalue weighted by Gasteiger charge is -2.17. The highest BCUT2D eigenvalue weighted by Gasteiger charge is 2.33. The lowest BCUT2D eigenvalue weighted by Crippen LogP contribution is -2.21. The largest absolute Gasteiger partial charge is 0.493 e. The van der Waals surface area contributed by atoms with Gasteiger partial charge >= 0.3 is 0 Å². The average molecular weight is 356 g/mol. The van der Waals surface area contributed by atoms with E-state index in [0.717, 1.165) is 37.7 Å². The molecule has 0 aliphatic carbocycles. The van der Waals surface area contributed by atoms with Crippen molar-refractivity contribution in [3.8, 4) is 11.5 Å². The smallest absolute Gasteiger partial charge is 0.161 e. The van der Waals surface area contributed by atoms with Crippen molar-refractivity contribution >= 4 is 0 Å². The van der Waals surface area contributed by atoms with E-state index in [-0.39, 0.29) is 0 Å². The van der Waals surface area contributed by atoms with Crippen LogP contribution < -0.4 is 9.47 Å². The number of benzene rings is 1. The number of rotatable bonds is 8. The molecular formula is C21H28N2O3. The Morgan fingerprint density at radius 3 is 2.58 bits per heavy atom. The summed E-state index contributed by atoms with van der Waals surface area (Å²) in [4.78, 5) is 6.64. The first kappa shape index (κ1) is 18.7. The number of likely N-dealkylation sites (tertiary alicyclic amines) is 1. The van der Waals surface area contributed by atoms with E-state index >= 15 is 0 Å². The van der Waals surface area contributed by atoms with Crippen LogP contribution in [0.3, 0.4) is 0 Å². The van der Waals surface area contributed by atoms with Crippen molar-refractivity contribution in [1.29, 1.82) is 0 Å². The molecule has 1 aliphatic heterocycles. The number of nitrogens with zero attached hydrogens (tertiary/aromatic N) is 2. The van der Waals surface area contributed by atoms with Crippen molar-refractivity contribution in [3.63, 3.8) is 0 Å². The second-order valence-electron chi connectivity index (χ2n) is 6.71. The monoisotopic (exact) mass is 356 g/mol. The van der Waals surface area contributed by atoms with Gasteiger partial charge in [0.2, 0.25) is 0 Å². The molecule has 0 N–H and O–H groups in total. The van der Waals surface area contributed by atoms with E-state index in [1.165, 1.54) is 11.1 Å². The Balaban J connectivity index is 1.72. The Bertz CT molecular complexity index is 693. The fraction of sp³-hybridized carbons (Fsp3) is 0.476. The van der Waals surface area contributed by atoms with Gasteiger partial charge in [0.25, 0.3) is 0 Å². The standard InChI is InChI=1S/C21H28N2O3/c1-4-26-20-6-5-16(11-21(20)25-3)12-23-13-18(15-24-2)19(14-23)17-7-9-22-10-8-17/h5-11,18-19H,4,12-15H2,1-3H3/t18-,19-/m0/s1. The van der Waals surface area contributed by atoms with Gasteiger partial charge in [0.05, 0.1) is 20.3 Å². The fourth-order valence-electron chi connectivity index (χ4n) is 3.80. The minimum atomic E-state index is 0.475. The second kappa shape index (κ2) is 9.01. The molecule has 0 bridgehead atoms. The molecule has 2 aromatic rings. The summed E-state index contributed by atoms with van der Waals surface area (Å²) in [5.41, 5.74) is 2.57. The molecule has 1 fully saturated rings. The molecule has 2 heterocycles. The summed E-state index contributed by atoms with van der Waals surface area (Å²) in [6.07, 6.45) is 3.75. The van der Waals surface area contributed by atoms with Gasteiger partial charge in [-0.05, 0) is 42.3 Å². The Hall–Kier alpha value is -2.11. The molecule has 2 atom stereocenters. The van der Waals surface area contributed by atoms with Gasteiger partial charge in [0.1, 0.15) is 0 Å². The Morgan fingerprint density at radius 2 is 1.88 bits per heavy atom. The van der Waals surface area contributed by atoms with Gasteiger partial charge in [-0.15, -0.1) is 0 Å². The number of pyridine rings is 1. The Morgan fingerprint density at radius 1 is 1.08 bits per heavy atom. The van der Waals surface area contributed by atoms with Crippen molar-refractivity contribution < 1.29 is 14.2 Å². The number of ether oxygens (including phenoxy) is 3. The Kier molecular flexibility index (Phi) is 6.47. The highest BCUT2D eigenvalue weighted by molar-refractivity contribution is 5.43. The third kappa shape index (κ3) is 4.34. The van der Waals surface area contributed by atoms with Crippen LogP contribution in [0.5, 0.6) is 11.5 Å². The van der Waals surface area contributed by atoms with Crippen molar-refractivity contribution in [3.05, 3.63) is 53.9 Å². The summed E-state index contributed by atoms with van der Waals surface area (Å²) in [7, 11) is 3.47. The van der Waals surface area contributed by atoms with Crippen LogP contribution in [0.4, 0.5) is 0 Å². The summed E-state index contributed by atoms with van der Waals surface area (Å²) < 4.78 is 16.6. The van der Waals surface area contributed by atoms with Gasteiger partial charge in [-0.1, -0.05) is 6.07 Å². The summed E-state index contributed by atoms with van der Waals surface area (Å²) in [6, 6.07) is 10.4. The molecule has 3 rings (SSSR count). The van der Waals surface area contributed by atoms with Crippen molar-refractivity contribution in [2.45, 2.75) is 19.4 Å². The molecule has 0 amide bonds. The zero-order valence-corrected chi connectivity index (χ0v) is 15.9. The van der Waals surface area contributed by atoms with Gasteiger partial charge in [-0.3, -0.25) is 9.88 Å². The normalized spacial score (nSPS) is 20.3. The number of methoxy groups -OCH3 is 2. The number of aromatic nitrogens is 1. The number of hydrogen-bond donors (Lipinski definition) is 0. The molecule has 26 heavy (non-hydrogen) atoms. The maximum absolute atomic E-state index is 5.62. The first-order valence-electron chi connectivity index (χ1n) is 9.16. The molecule has 5 nitrogen and oxygen atoms in total. The molecule has 140 valence electrons. The van der Waals surface area contributed by atoms with Crippen LogP contribution in [0.25, 0.3) is 0 Å². The van der Waals surface area contributed by atoms with Crippen LogP contribution in [0, 0.1) is 5.92 Å². The summed E-state index contributed by atoms with van der Waals surface area (Å²) in [5, 5.41) is 0. The first-order chi connectivity index (χ1) is 12.7. The Labute approximate surface area is 155 Å². The highest BCUT2D eigenvalue weighted by Crippen LogP contribution is 2.34. The quantitative estimate of drug-likeness (QED) is 0.726. The molecule has 0 unspecified atom stereocenters. The van der Waals surface area contributed by atoms with Gasteiger partial charge in [-0.25, -0.2) is 0 Å². The van der Waals surface area contributed by atoms with Gasteiger partial charge in [0, 0.05) is 51.0 Å². The molecule has 0 spiro atoms. The predicted molar refractivity (Wildman–Crippen MR) is 102 cm³/mol. The molecule has 1 saturated heterocycles. The summed E-state index contributed by atoms with van der Waals surface area (Å²) >= 11 is 0. The first-order valence-corrected chi connectivity index (χ1v) is 9.16. The summed E-state index contributed by atoms with van der Waals surface area (Å²) in [6.45, 7) is 6.32.